The summed E-state index contributed by atoms with van der Waals surface area (Å²) in [5.41, 5.74) is 0.932. The predicted octanol–water partition coefficient (Wildman–Crippen LogP) is 5.82. The molecule has 0 aliphatic heterocycles. The van der Waals surface area contributed by atoms with Gasteiger partial charge in [0, 0.05) is 16.1 Å². The Kier molecular flexibility index (Phi) is 6.18. The molecule has 1 aliphatic rings. The van der Waals surface area contributed by atoms with Crippen molar-refractivity contribution in [3.05, 3.63) is 45.6 Å². The second-order valence-electron chi connectivity index (χ2n) is 5.25. The molecule has 0 atom stereocenters. The van der Waals surface area contributed by atoms with Gasteiger partial charge in [-0.2, -0.15) is 0 Å². The van der Waals surface area contributed by atoms with Crippen molar-refractivity contribution in [3.8, 4) is 11.3 Å². The minimum Gasteiger partial charge on any atom is -0.460 e. The largest absolute Gasteiger partial charge is 0.460 e. The van der Waals surface area contributed by atoms with Crippen molar-refractivity contribution in [2.75, 3.05) is 0 Å². The highest BCUT2D eigenvalue weighted by Crippen LogP contribution is 2.31. The average Bonchev–Trinajstić information content (AvgIpc) is 3.07. The number of hydrogen-bond donors (Lipinski definition) is 1. The van der Waals surface area contributed by atoms with E-state index < -0.39 is 0 Å². The Labute approximate surface area is 144 Å². The van der Waals surface area contributed by atoms with Crippen LogP contribution in [0.1, 0.15) is 31.4 Å². The molecule has 0 saturated heterocycles. The highest BCUT2D eigenvalue weighted by molar-refractivity contribution is 9.10. The molecular weight excluding hydrogens is 373 g/mol. The molecular formula is C16H18BrCl2NO. The summed E-state index contributed by atoms with van der Waals surface area (Å²) in [7, 11) is 0. The van der Waals surface area contributed by atoms with Crippen molar-refractivity contribution in [3.63, 3.8) is 0 Å². The zero-order valence-electron chi connectivity index (χ0n) is 11.6. The first-order valence-electron chi connectivity index (χ1n) is 7.00. The molecule has 21 heavy (non-hydrogen) atoms. The summed E-state index contributed by atoms with van der Waals surface area (Å²) >= 11 is 9.66. The monoisotopic (exact) mass is 389 g/mol. The van der Waals surface area contributed by atoms with Gasteiger partial charge in [-0.3, -0.25) is 0 Å². The predicted molar refractivity (Wildman–Crippen MR) is 93.2 cm³/mol. The van der Waals surface area contributed by atoms with Gasteiger partial charge in [0.15, 0.2) is 0 Å². The van der Waals surface area contributed by atoms with E-state index in [1.165, 1.54) is 25.7 Å². The molecule has 1 saturated carbocycles. The van der Waals surface area contributed by atoms with Crippen molar-refractivity contribution in [2.24, 2.45) is 0 Å². The van der Waals surface area contributed by atoms with Crippen molar-refractivity contribution < 1.29 is 4.42 Å². The van der Waals surface area contributed by atoms with Crippen molar-refractivity contribution >= 4 is 39.9 Å². The molecule has 0 spiro atoms. The third-order valence-electron chi connectivity index (χ3n) is 3.78. The Morgan fingerprint density at radius 3 is 2.67 bits per heavy atom. The number of furan rings is 1. The third kappa shape index (κ3) is 4.26. The Bertz CT molecular complexity index is 594. The lowest BCUT2D eigenvalue weighted by molar-refractivity contribution is 0.452. The highest BCUT2D eigenvalue weighted by Gasteiger charge is 2.15. The number of benzene rings is 1. The zero-order valence-corrected chi connectivity index (χ0v) is 14.7. The summed E-state index contributed by atoms with van der Waals surface area (Å²) in [6.45, 7) is 0.790. The van der Waals surface area contributed by atoms with Gasteiger partial charge in [-0.15, -0.1) is 12.4 Å². The Morgan fingerprint density at radius 1 is 1.19 bits per heavy atom. The van der Waals surface area contributed by atoms with Crippen LogP contribution in [-0.4, -0.2) is 6.04 Å². The van der Waals surface area contributed by atoms with E-state index >= 15 is 0 Å². The standard InChI is InChI=1S/C16H17BrClNO.ClH/c17-11-5-7-14(15(18)9-11)16-8-6-13(20-16)10-19-12-3-1-2-4-12;/h5-9,12,19H,1-4,10H2;1H. The zero-order chi connectivity index (χ0) is 13.9. The fourth-order valence-corrected chi connectivity index (χ4v) is 3.45. The van der Waals surface area contributed by atoms with E-state index in [1.54, 1.807) is 0 Å². The van der Waals surface area contributed by atoms with Gasteiger partial charge in [-0.05, 0) is 43.2 Å². The minimum absolute atomic E-state index is 0. The van der Waals surface area contributed by atoms with Crippen LogP contribution >= 0.6 is 39.9 Å². The molecule has 5 heteroatoms. The van der Waals surface area contributed by atoms with Crippen LogP contribution in [0.3, 0.4) is 0 Å². The van der Waals surface area contributed by atoms with E-state index in [0.717, 1.165) is 28.1 Å². The first-order valence-corrected chi connectivity index (χ1v) is 8.17. The van der Waals surface area contributed by atoms with Crippen LogP contribution in [0.5, 0.6) is 0 Å². The summed E-state index contributed by atoms with van der Waals surface area (Å²) in [5.74, 6) is 1.79. The molecule has 0 amide bonds. The molecule has 1 heterocycles. The third-order valence-corrected chi connectivity index (χ3v) is 4.58. The Morgan fingerprint density at radius 2 is 1.95 bits per heavy atom. The van der Waals surface area contributed by atoms with Gasteiger partial charge in [0.05, 0.1) is 11.6 Å². The molecule has 1 aromatic carbocycles. The van der Waals surface area contributed by atoms with Crippen LogP contribution in [0.25, 0.3) is 11.3 Å². The molecule has 2 aromatic rings. The Balaban J connectivity index is 0.00000161. The quantitative estimate of drug-likeness (QED) is 0.711. The SMILES string of the molecule is Cl.Clc1cc(Br)ccc1-c1ccc(CNC2CCCC2)o1. The van der Waals surface area contributed by atoms with Crippen LogP contribution in [0, 0.1) is 0 Å². The summed E-state index contributed by atoms with van der Waals surface area (Å²) in [6, 6.07) is 10.5. The van der Waals surface area contributed by atoms with Gasteiger partial charge < -0.3 is 9.73 Å². The van der Waals surface area contributed by atoms with Gasteiger partial charge in [0.1, 0.15) is 11.5 Å². The number of rotatable bonds is 4. The Hall–Kier alpha value is -0.480. The van der Waals surface area contributed by atoms with Crippen molar-refractivity contribution in [1.29, 1.82) is 0 Å². The van der Waals surface area contributed by atoms with E-state index in [2.05, 4.69) is 21.2 Å². The summed E-state index contributed by atoms with van der Waals surface area (Å²) < 4.78 is 6.86. The normalized spacial score (nSPS) is 15.1. The van der Waals surface area contributed by atoms with Crippen LogP contribution in [0.15, 0.2) is 39.2 Å². The van der Waals surface area contributed by atoms with E-state index in [9.17, 15) is 0 Å². The van der Waals surface area contributed by atoms with E-state index in [-0.39, 0.29) is 12.4 Å². The lowest BCUT2D eigenvalue weighted by Gasteiger charge is -2.09. The molecule has 0 bridgehead atoms. The van der Waals surface area contributed by atoms with E-state index in [0.29, 0.717) is 11.1 Å². The van der Waals surface area contributed by atoms with E-state index in [1.807, 2.05) is 30.3 Å². The van der Waals surface area contributed by atoms with Gasteiger partial charge in [-0.1, -0.05) is 40.4 Å². The van der Waals surface area contributed by atoms with Crippen LogP contribution in [0.2, 0.25) is 5.02 Å². The first-order chi connectivity index (χ1) is 9.72. The van der Waals surface area contributed by atoms with Crippen molar-refractivity contribution in [2.45, 2.75) is 38.3 Å². The van der Waals surface area contributed by atoms with E-state index in [4.69, 9.17) is 16.0 Å². The summed E-state index contributed by atoms with van der Waals surface area (Å²) in [5, 5.41) is 4.25. The van der Waals surface area contributed by atoms with Gasteiger partial charge in [-0.25, -0.2) is 0 Å². The molecule has 1 fully saturated rings. The molecule has 2 nitrogen and oxygen atoms in total. The molecule has 1 aliphatic carbocycles. The van der Waals surface area contributed by atoms with Gasteiger partial charge in [0.2, 0.25) is 0 Å². The van der Waals surface area contributed by atoms with Crippen LogP contribution in [0.4, 0.5) is 0 Å². The lowest BCUT2D eigenvalue weighted by Crippen LogP contribution is -2.24. The van der Waals surface area contributed by atoms with Crippen LogP contribution < -0.4 is 5.32 Å². The average molecular weight is 391 g/mol. The second-order valence-corrected chi connectivity index (χ2v) is 6.58. The smallest absolute Gasteiger partial charge is 0.135 e. The molecule has 0 radical (unpaired) electrons. The maximum Gasteiger partial charge on any atom is 0.135 e. The van der Waals surface area contributed by atoms with Crippen molar-refractivity contribution in [1.82, 2.24) is 5.32 Å². The molecule has 0 unspecified atom stereocenters. The number of halogens is 3. The molecule has 1 aromatic heterocycles. The lowest BCUT2D eigenvalue weighted by atomic mass is 10.2. The maximum atomic E-state index is 6.25. The molecule has 1 N–H and O–H groups in total. The highest BCUT2D eigenvalue weighted by atomic mass is 79.9. The topological polar surface area (TPSA) is 25.2 Å². The van der Waals surface area contributed by atoms with Gasteiger partial charge in [0.25, 0.3) is 0 Å². The molecule has 114 valence electrons. The maximum absolute atomic E-state index is 6.25. The first kappa shape index (κ1) is 16.9. The molecule has 3 rings (SSSR count). The van der Waals surface area contributed by atoms with Gasteiger partial charge >= 0.3 is 0 Å². The second kappa shape index (κ2) is 7.68. The summed E-state index contributed by atoms with van der Waals surface area (Å²) in [6.07, 6.45) is 5.25. The number of nitrogens with one attached hydrogen (secondary N) is 1. The summed E-state index contributed by atoms with van der Waals surface area (Å²) in [4.78, 5) is 0. The minimum atomic E-state index is 0. The fraction of sp³-hybridized carbons (Fsp3) is 0.375. The fourth-order valence-electron chi connectivity index (χ4n) is 2.68. The number of hydrogen-bond acceptors (Lipinski definition) is 2. The van der Waals surface area contributed by atoms with Crippen LogP contribution in [-0.2, 0) is 6.54 Å².